The van der Waals surface area contributed by atoms with Gasteiger partial charge in [-0.05, 0) is 59.3 Å². The zero-order valence-electron chi connectivity index (χ0n) is 14.5. The smallest absolute Gasteiger partial charge is 0.289 e. The van der Waals surface area contributed by atoms with Crippen LogP contribution in [0.3, 0.4) is 0 Å². The Bertz CT molecular complexity index is 802. The lowest BCUT2D eigenvalue weighted by molar-refractivity contribution is -0.187. The van der Waals surface area contributed by atoms with Gasteiger partial charge in [0.2, 0.25) is 6.10 Å². The van der Waals surface area contributed by atoms with E-state index < -0.39 is 12.1 Å². The van der Waals surface area contributed by atoms with Crippen molar-refractivity contribution in [1.29, 1.82) is 0 Å². The number of likely N-dealkylation sites (N-methyl/N-ethyl adjacent to an activating group) is 1. The summed E-state index contributed by atoms with van der Waals surface area (Å²) in [5, 5.41) is 13.4. The summed E-state index contributed by atoms with van der Waals surface area (Å²) in [6, 6.07) is 7.40. The predicted octanol–water partition coefficient (Wildman–Crippen LogP) is 2.29. The number of rotatable bonds is 6. The molecule has 1 unspecified atom stereocenters. The minimum absolute atomic E-state index is 0.0395. The molecular weight excluding hydrogens is 449 g/mol. The Morgan fingerprint density at radius 2 is 2.27 bits per heavy atom. The summed E-state index contributed by atoms with van der Waals surface area (Å²) in [5.41, 5.74) is 2.82. The van der Waals surface area contributed by atoms with Crippen molar-refractivity contribution in [3.8, 4) is 5.75 Å². The average Bonchev–Trinajstić information content (AvgIpc) is 3.00. The molecule has 8 heteroatoms. The Balaban J connectivity index is 1.88. The van der Waals surface area contributed by atoms with Crippen LogP contribution in [0.5, 0.6) is 5.75 Å². The number of carbonyl (C=O) groups excluding carboxylic acids is 1. The van der Waals surface area contributed by atoms with Gasteiger partial charge in [0.25, 0.3) is 5.91 Å². The number of aryl methyl sites for hydroxylation is 1. The normalized spacial score (nSPS) is 18.2. The number of hydrogen-bond acceptors (Lipinski definition) is 6. The molecule has 1 aromatic heterocycles. The minimum atomic E-state index is -0.795. The molecule has 2 heterocycles. The van der Waals surface area contributed by atoms with Crippen LogP contribution in [-0.2, 0) is 9.63 Å². The molecule has 26 heavy (non-hydrogen) atoms. The van der Waals surface area contributed by atoms with Gasteiger partial charge < -0.3 is 15.2 Å². The number of carbonyl (C=O) groups is 1. The fraction of sp³-hybridized carbons (Fsp3) is 0.333. The van der Waals surface area contributed by atoms with E-state index in [1.54, 1.807) is 18.5 Å². The lowest BCUT2D eigenvalue weighted by Crippen LogP contribution is -2.43. The number of ether oxygens (including phenoxy) is 1. The molecule has 2 aromatic rings. The van der Waals surface area contributed by atoms with Gasteiger partial charge in [-0.3, -0.25) is 14.6 Å². The summed E-state index contributed by atoms with van der Waals surface area (Å²) in [5.74, 6) is 0.282. The Hall–Kier alpha value is -1.91. The van der Waals surface area contributed by atoms with E-state index in [-0.39, 0.29) is 19.1 Å². The van der Waals surface area contributed by atoms with Crippen LogP contribution in [0.15, 0.2) is 36.7 Å². The molecule has 0 bridgehead atoms. The topological polar surface area (TPSA) is 83.9 Å². The van der Waals surface area contributed by atoms with Gasteiger partial charge in [0.15, 0.2) is 0 Å². The molecular formula is C18H20IN3O4. The first kappa shape index (κ1) is 18.9. The fourth-order valence-corrected chi connectivity index (χ4v) is 3.47. The SMILES string of the molecule is Cc1cc(I)ccc1NC1c2cnccc2O[C@H]1C(=O)N(C)OCCO. The number of benzene rings is 1. The first-order valence-electron chi connectivity index (χ1n) is 8.16. The monoisotopic (exact) mass is 469 g/mol. The zero-order valence-corrected chi connectivity index (χ0v) is 16.6. The van der Waals surface area contributed by atoms with Gasteiger partial charge in [0.05, 0.1) is 13.2 Å². The van der Waals surface area contributed by atoms with Gasteiger partial charge in [0.1, 0.15) is 11.8 Å². The maximum absolute atomic E-state index is 12.8. The van der Waals surface area contributed by atoms with Crippen LogP contribution < -0.4 is 10.1 Å². The van der Waals surface area contributed by atoms with E-state index in [1.807, 2.05) is 19.1 Å². The first-order valence-corrected chi connectivity index (χ1v) is 9.23. The number of anilines is 1. The summed E-state index contributed by atoms with van der Waals surface area (Å²) in [7, 11) is 1.51. The Labute approximate surface area is 165 Å². The van der Waals surface area contributed by atoms with Crippen LogP contribution in [0.2, 0.25) is 0 Å². The van der Waals surface area contributed by atoms with Crippen molar-refractivity contribution in [3.63, 3.8) is 0 Å². The van der Waals surface area contributed by atoms with Crippen LogP contribution in [0.4, 0.5) is 5.69 Å². The van der Waals surface area contributed by atoms with E-state index in [0.717, 1.165) is 25.4 Å². The third-order valence-electron chi connectivity index (χ3n) is 4.13. The highest BCUT2D eigenvalue weighted by atomic mass is 127. The summed E-state index contributed by atoms with van der Waals surface area (Å²) < 4.78 is 7.02. The number of aliphatic hydroxyl groups excluding tert-OH is 1. The van der Waals surface area contributed by atoms with Gasteiger partial charge in [-0.15, -0.1) is 0 Å². The highest BCUT2D eigenvalue weighted by molar-refractivity contribution is 14.1. The summed E-state index contributed by atoms with van der Waals surface area (Å²) in [6.07, 6.45) is 2.54. The molecule has 7 nitrogen and oxygen atoms in total. The summed E-state index contributed by atoms with van der Waals surface area (Å²) in [6.45, 7) is 1.88. The van der Waals surface area contributed by atoms with E-state index in [9.17, 15) is 4.79 Å². The second-order valence-corrected chi connectivity index (χ2v) is 7.17. The molecule has 1 amide bonds. The molecule has 0 fully saturated rings. The highest BCUT2D eigenvalue weighted by Gasteiger charge is 2.41. The van der Waals surface area contributed by atoms with Crippen molar-refractivity contribution in [2.45, 2.75) is 19.1 Å². The molecule has 1 aliphatic rings. The molecule has 2 atom stereocenters. The predicted molar refractivity (Wildman–Crippen MR) is 105 cm³/mol. The van der Waals surface area contributed by atoms with E-state index in [0.29, 0.717) is 5.75 Å². The Morgan fingerprint density at radius 3 is 3.00 bits per heavy atom. The quantitative estimate of drug-likeness (QED) is 0.499. The maximum Gasteiger partial charge on any atom is 0.289 e. The van der Waals surface area contributed by atoms with Gasteiger partial charge >= 0.3 is 0 Å². The number of nitrogens with one attached hydrogen (secondary N) is 1. The molecule has 2 N–H and O–H groups in total. The molecule has 138 valence electrons. The Kier molecular flexibility index (Phi) is 5.94. The fourth-order valence-electron chi connectivity index (χ4n) is 2.83. The number of halogens is 1. The third-order valence-corrected chi connectivity index (χ3v) is 4.80. The van der Waals surface area contributed by atoms with Gasteiger partial charge in [-0.1, -0.05) is 0 Å². The lowest BCUT2D eigenvalue weighted by atomic mass is 10.0. The van der Waals surface area contributed by atoms with Gasteiger partial charge in [-0.25, -0.2) is 5.06 Å². The number of aliphatic hydroxyl groups is 1. The largest absolute Gasteiger partial charge is 0.477 e. The number of hydroxylamine groups is 2. The number of nitrogens with zero attached hydrogens (tertiary/aromatic N) is 2. The van der Waals surface area contributed by atoms with Gasteiger partial charge in [-0.2, -0.15) is 0 Å². The molecule has 0 saturated carbocycles. The van der Waals surface area contributed by atoms with Crippen LogP contribution in [-0.4, -0.2) is 47.4 Å². The maximum atomic E-state index is 12.8. The lowest BCUT2D eigenvalue weighted by Gasteiger charge is -2.25. The average molecular weight is 469 g/mol. The second-order valence-electron chi connectivity index (χ2n) is 5.93. The Morgan fingerprint density at radius 1 is 1.46 bits per heavy atom. The molecule has 0 aliphatic carbocycles. The van der Waals surface area contributed by atoms with Crippen molar-refractivity contribution in [2.75, 3.05) is 25.6 Å². The van der Waals surface area contributed by atoms with Crippen LogP contribution in [0.25, 0.3) is 0 Å². The number of hydrogen-bond donors (Lipinski definition) is 2. The molecule has 0 radical (unpaired) electrons. The van der Waals surface area contributed by atoms with Crippen LogP contribution in [0.1, 0.15) is 17.2 Å². The molecule has 1 aromatic carbocycles. The standard InChI is InChI=1S/C18H20IN3O4/c1-11-9-12(19)3-4-14(11)21-16-13-10-20-6-5-15(13)26-17(16)18(24)22(2)25-8-7-23/h3-6,9-10,16-17,21,23H,7-8H2,1-2H3/t16?,17-/m1/s1. The zero-order chi connectivity index (χ0) is 18.7. The van der Waals surface area contributed by atoms with E-state index >= 15 is 0 Å². The van der Waals surface area contributed by atoms with Crippen molar-refractivity contribution in [3.05, 3.63) is 51.4 Å². The van der Waals surface area contributed by atoms with E-state index in [2.05, 4.69) is 39.0 Å². The number of amides is 1. The second kappa shape index (κ2) is 8.19. The highest BCUT2D eigenvalue weighted by Crippen LogP contribution is 2.39. The van der Waals surface area contributed by atoms with Gasteiger partial charge in [0, 0.05) is 34.3 Å². The molecule has 0 saturated heterocycles. The minimum Gasteiger partial charge on any atom is -0.477 e. The van der Waals surface area contributed by atoms with Crippen LogP contribution in [0, 0.1) is 10.5 Å². The van der Waals surface area contributed by atoms with Crippen molar-refractivity contribution in [1.82, 2.24) is 10.0 Å². The van der Waals surface area contributed by atoms with Crippen molar-refractivity contribution >= 4 is 34.2 Å². The van der Waals surface area contributed by atoms with Crippen LogP contribution >= 0.6 is 22.6 Å². The molecule has 0 spiro atoms. The molecule has 3 rings (SSSR count). The first-order chi connectivity index (χ1) is 12.5. The summed E-state index contributed by atoms with van der Waals surface area (Å²) >= 11 is 2.26. The van der Waals surface area contributed by atoms with Crippen molar-refractivity contribution in [2.24, 2.45) is 0 Å². The number of fused-ring (bicyclic) bond motifs is 1. The van der Waals surface area contributed by atoms with E-state index in [4.69, 9.17) is 14.7 Å². The molecule has 1 aliphatic heterocycles. The van der Waals surface area contributed by atoms with Crippen molar-refractivity contribution < 1.29 is 19.5 Å². The third kappa shape index (κ3) is 3.92. The van der Waals surface area contributed by atoms with E-state index in [1.165, 1.54) is 7.05 Å². The summed E-state index contributed by atoms with van der Waals surface area (Å²) in [4.78, 5) is 22.2. The number of aromatic nitrogens is 1. The number of pyridine rings is 1.